The smallest absolute Gasteiger partial charge is 0.119 e. The van der Waals surface area contributed by atoms with E-state index in [1.807, 2.05) is 30.8 Å². The van der Waals surface area contributed by atoms with Gasteiger partial charge in [-0.3, -0.25) is 0 Å². The summed E-state index contributed by atoms with van der Waals surface area (Å²) < 4.78 is 5.40. The number of hydrogen-bond donors (Lipinski definition) is 1. The molecule has 16 heavy (non-hydrogen) atoms. The number of hydrogen-bond acceptors (Lipinski definition) is 3. The minimum Gasteiger partial charge on any atom is -0.494 e. The third kappa shape index (κ3) is 4.45. The van der Waals surface area contributed by atoms with Crippen molar-refractivity contribution in [2.75, 3.05) is 18.9 Å². The maximum atomic E-state index is 5.70. The van der Waals surface area contributed by atoms with Gasteiger partial charge in [-0.1, -0.05) is 13.8 Å². The molecule has 0 saturated heterocycles. The second kappa shape index (κ2) is 6.16. The first kappa shape index (κ1) is 13.4. The molecule has 0 radical (unpaired) electrons. The Hall–Kier alpha value is -0.670. The Labute approximate surface area is 103 Å². The molecule has 90 valence electrons. The molecule has 0 fully saturated rings. The third-order valence-corrected chi connectivity index (χ3v) is 3.85. The van der Waals surface area contributed by atoms with E-state index >= 15 is 0 Å². The molecular weight excluding hydrogens is 218 g/mol. The normalized spacial score (nSPS) is 11.5. The zero-order chi connectivity index (χ0) is 12.0. The van der Waals surface area contributed by atoms with Crippen LogP contribution in [0.15, 0.2) is 29.2 Å². The van der Waals surface area contributed by atoms with Crippen LogP contribution in [0, 0.1) is 5.41 Å². The molecule has 1 aromatic rings. The number of thioether (sulfide) groups is 1. The lowest BCUT2D eigenvalue weighted by Gasteiger charge is -2.21. The van der Waals surface area contributed by atoms with Gasteiger partial charge in [0.1, 0.15) is 5.75 Å². The van der Waals surface area contributed by atoms with Gasteiger partial charge in [0.2, 0.25) is 0 Å². The molecule has 0 spiro atoms. The summed E-state index contributed by atoms with van der Waals surface area (Å²) in [6, 6.07) is 8.23. The highest BCUT2D eigenvalue weighted by atomic mass is 32.2. The van der Waals surface area contributed by atoms with Gasteiger partial charge in [-0.05, 0) is 43.1 Å². The Morgan fingerprint density at radius 1 is 1.25 bits per heavy atom. The summed E-state index contributed by atoms with van der Waals surface area (Å²) in [7, 11) is 0. The van der Waals surface area contributed by atoms with Crippen LogP contribution in [0.3, 0.4) is 0 Å². The second-order valence-electron chi connectivity index (χ2n) is 4.56. The summed E-state index contributed by atoms with van der Waals surface area (Å²) in [5.41, 5.74) is 5.90. The molecular formula is C13H21NOS. The Morgan fingerprint density at radius 3 is 2.38 bits per heavy atom. The van der Waals surface area contributed by atoms with Crippen molar-refractivity contribution in [1.29, 1.82) is 0 Å². The van der Waals surface area contributed by atoms with Crippen LogP contribution in [0.25, 0.3) is 0 Å². The molecule has 2 N–H and O–H groups in total. The number of ether oxygens (including phenoxy) is 1. The highest BCUT2D eigenvalue weighted by Crippen LogP contribution is 2.27. The molecule has 0 atom stereocenters. The van der Waals surface area contributed by atoms with Crippen molar-refractivity contribution in [2.24, 2.45) is 11.1 Å². The van der Waals surface area contributed by atoms with Crippen molar-refractivity contribution < 1.29 is 4.74 Å². The first-order valence-corrected chi connectivity index (χ1v) is 6.62. The van der Waals surface area contributed by atoms with Crippen molar-refractivity contribution in [3.05, 3.63) is 24.3 Å². The van der Waals surface area contributed by atoms with Gasteiger partial charge in [-0.15, -0.1) is 11.8 Å². The zero-order valence-electron chi connectivity index (χ0n) is 10.3. The van der Waals surface area contributed by atoms with Crippen molar-refractivity contribution >= 4 is 11.8 Å². The average Bonchev–Trinajstić information content (AvgIpc) is 2.29. The summed E-state index contributed by atoms with van der Waals surface area (Å²) in [4.78, 5) is 1.27. The van der Waals surface area contributed by atoms with Gasteiger partial charge in [0, 0.05) is 10.6 Å². The molecule has 3 heteroatoms. The van der Waals surface area contributed by atoms with Crippen LogP contribution in [-0.4, -0.2) is 18.9 Å². The van der Waals surface area contributed by atoms with Crippen LogP contribution in [0.1, 0.15) is 20.8 Å². The fourth-order valence-electron chi connectivity index (χ4n) is 1.14. The van der Waals surface area contributed by atoms with Crippen molar-refractivity contribution in [2.45, 2.75) is 25.7 Å². The predicted molar refractivity (Wildman–Crippen MR) is 71.2 cm³/mol. The third-order valence-electron chi connectivity index (χ3n) is 2.32. The summed E-state index contributed by atoms with van der Waals surface area (Å²) in [6.07, 6.45) is 0. The maximum absolute atomic E-state index is 5.70. The molecule has 1 aromatic carbocycles. The Balaban J connectivity index is 2.49. The van der Waals surface area contributed by atoms with E-state index in [0.717, 1.165) is 18.0 Å². The zero-order valence-corrected chi connectivity index (χ0v) is 11.1. The lowest BCUT2D eigenvalue weighted by Crippen LogP contribution is -2.25. The van der Waals surface area contributed by atoms with Crippen LogP contribution in [0.4, 0.5) is 0 Å². The SMILES string of the molecule is CCOc1ccc(SCC(C)(C)CN)cc1. The van der Waals surface area contributed by atoms with Gasteiger partial charge >= 0.3 is 0 Å². The first-order chi connectivity index (χ1) is 7.57. The van der Waals surface area contributed by atoms with E-state index in [0.29, 0.717) is 6.61 Å². The van der Waals surface area contributed by atoms with E-state index in [9.17, 15) is 0 Å². The quantitative estimate of drug-likeness (QED) is 0.774. The standard InChI is InChI=1S/C13H21NOS/c1-4-15-11-5-7-12(8-6-11)16-10-13(2,3)9-14/h5-8H,4,9-10,14H2,1-3H3. The molecule has 0 heterocycles. The molecule has 0 unspecified atom stereocenters. The molecule has 1 rings (SSSR count). The minimum absolute atomic E-state index is 0.198. The number of nitrogens with two attached hydrogens (primary N) is 1. The van der Waals surface area contributed by atoms with Crippen molar-refractivity contribution in [3.8, 4) is 5.75 Å². The Morgan fingerprint density at radius 2 is 1.88 bits per heavy atom. The van der Waals surface area contributed by atoms with Gasteiger partial charge in [-0.25, -0.2) is 0 Å². The van der Waals surface area contributed by atoms with E-state index in [1.165, 1.54) is 4.90 Å². The Kier molecular flexibility index (Phi) is 5.16. The van der Waals surface area contributed by atoms with E-state index in [1.54, 1.807) is 0 Å². The number of rotatable bonds is 6. The van der Waals surface area contributed by atoms with E-state index in [4.69, 9.17) is 10.5 Å². The van der Waals surface area contributed by atoms with E-state index in [-0.39, 0.29) is 5.41 Å². The van der Waals surface area contributed by atoms with Crippen molar-refractivity contribution in [1.82, 2.24) is 0 Å². The summed E-state index contributed by atoms with van der Waals surface area (Å²) >= 11 is 1.84. The summed E-state index contributed by atoms with van der Waals surface area (Å²) in [5.74, 6) is 1.97. The van der Waals surface area contributed by atoms with Crippen LogP contribution < -0.4 is 10.5 Å². The van der Waals surface area contributed by atoms with Gasteiger partial charge in [-0.2, -0.15) is 0 Å². The highest BCUT2D eigenvalue weighted by Gasteiger charge is 2.15. The van der Waals surface area contributed by atoms with Crippen molar-refractivity contribution in [3.63, 3.8) is 0 Å². The molecule has 0 bridgehead atoms. The summed E-state index contributed by atoms with van der Waals surface area (Å²) in [6.45, 7) is 7.80. The highest BCUT2D eigenvalue weighted by molar-refractivity contribution is 7.99. The monoisotopic (exact) mass is 239 g/mol. The molecule has 0 aliphatic heterocycles. The molecule has 2 nitrogen and oxygen atoms in total. The molecule has 0 aliphatic rings. The van der Waals surface area contributed by atoms with Gasteiger partial charge in [0.15, 0.2) is 0 Å². The van der Waals surface area contributed by atoms with Gasteiger partial charge < -0.3 is 10.5 Å². The van der Waals surface area contributed by atoms with Crippen LogP contribution >= 0.6 is 11.8 Å². The predicted octanol–water partition coefficient (Wildman–Crippen LogP) is 3.16. The number of benzene rings is 1. The van der Waals surface area contributed by atoms with E-state index < -0.39 is 0 Å². The van der Waals surface area contributed by atoms with Crippen LogP contribution in [0.5, 0.6) is 5.75 Å². The van der Waals surface area contributed by atoms with Crippen LogP contribution in [0.2, 0.25) is 0 Å². The summed E-state index contributed by atoms with van der Waals surface area (Å²) in [5, 5.41) is 0. The topological polar surface area (TPSA) is 35.2 Å². The molecule has 0 amide bonds. The molecule has 0 saturated carbocycles. The average molecular weight is 239 g/mol. The minimum atomic E-state index is 0.198. The maximum Gasteiger partial charge on any atom is 0.119 e. The fraction of sp³-hybridized carbons (Fsp3) is 0.538. The fourth-order valence-corrected chi connectivity index (χ4v) is 2.14. The molecule has 0 aliphatic carbocycles. The van der Waals surface area contributed by atoms with Gasteiger partial charge in [0.25, 0.3) is 0 Å². The van der Waals surface area contributed by atoms with Gasteiger partial charge in [0.05, 0.1) is 6.61 Å². The largest absolute Gasteiger partial charge is 0.494 e. The second-order valence-corrected chi connectivity index (χ2v) is 5.61. The Bertz CT molecular complexity index is 308. The lowest BCUT2D eigenvalue weighted by atomic mass is 9.97. The first-order valence-electron chi connectivity index (χ1n) is 5.63. The van der Waals surface area contributed by atoms with Crippen LogP contribution in [-0.2, 0) is 0 Å². The lowest BCUT2D eigenvalue weighted by molar-refractivity contribution is 0.340. The van der Waals surface area contributed by atoms with E-state index in [2.05, 4.69) is 26.0 Å². The molecule has 0 aromatic heterocycles.